The van der Waals surface area contributed by atoms with Gasteiger partial charge in [-0.3, -0.25) is 35.0 Å². The molecule has 14 nitrogen and oxygen atoms in total. The summed E-state index contributed by atoms with van der Waals surface area (Å²) in [7, 11) is 0. The summed E-state index contributed by atoms with van der Waals surface area (Å²) in [5.41, 5.74) is 14.1. The van der Waals surface area contributed by atoms with Crippen LogP contribution >= 0.6 is 0 Å². The molecule has 5 aliphatic rings. The van der Waals surface area contributed by atoms with E-state index in [1.807, 2.05) is 18.2 Å². The van der Waals surface area contributed by atoms with Gasteiger partial charge in [-0.25, -0.2) is 15.1 Å². The number of hydrogen-bond donors (Lipinski definition) is 7. The van der Waals surface area contributed by atoms with E-state index in [-0.39, 0.29) is 37.0 Å². The fourth-order valence-corrected chi connectivity index (χ4v) is 7.65. The number of para-hydroxylation sites is 1. The first-order chi connectivity index (χ1) is 21.3. The number of carbonyl (C=O) groups is 3. The summed E-state index contributed by atoms with van der Waals surface area (Å²) >= 11 is 0. The molecule has 4 atom stereocenters. The van der Waals surface area contributed by atoms with Crippen molar-refractivity contribution in [3.05, 3.63) is 65.2 Å². The monoisotopic (exact) mass is 616 g/mol. The number of nitrogens with zero attached hydrogens (tertiary/aromatic N) is 4. The maximum Gasteiger partial charge on any atom is 0.343 e. The quantitative estimate of drug-likeness (QED) is 0.140. The molecule has 1 unspecified atom stereocenters. The average molecular weight is 617 g/mol. The van der Waals surface area contributed by atoms with Crippen LogP contribution in [0.25, 0.3) is 0 Å². The number of guanidine groups is 2. The molecule has 9 N–H and O–H groups in total. The minimum absolute atomic E-state index is 0.0316. The molecule has 2 aromatic rings. The minimum atomic E-state index is -2.62. The van der Waals surface area contributed by atoms with Gasteiger partial charge in [-0.15, -0.1) is 0 Å². The normalized spacial score (nSPS) is 29.4. The van der Waals surface area contributed by atoms with Gasteiger partial charge in [0.2, 0.25) is 5.79 Å². The van der Waals surface area contributed by atoms with Gasteiger partial charge in [0.25, 0.3) is 17.5 Å². The summed E-state index contributed by atoms with van der Waals surface area (Å²) in [6.45, 7) is 3.99. The second-order valence-electron chi connectivity index (χ2n) is 13.3. The molecule has 1 aliphatic carbocycles. The Labute approximate surface area is 259 Å². The Morgan fingerprint density at radius 2 is 1.89 bits per heavy atom. The molecule has 0 bridgehead atoms. The van der Waals surface area contributed by atoms with Gasteiger partial charge in [0.05, 0.1) is 13.1 Å². The zero-order valence-electron chi connectivity index (χ0n) is 25.2. The number of anilines is 1. The van der Waals surface area contributed by atoms with Crippen LogP contribution in [0.5, 0.6) is 0 Å². The molecule has 2 fully saturated rings. The molecule has 1 spiro atoms. The van der Waals surface area contributed by atoms with Crippen molar-refractivity contribution in [2.75, 3.05) is 24.5 Å². The second-order valence-corrected chi connectivity index (χ2v) is 13.3. The van der Waals surface area contributed by atoms with Gasteiger partial charge in [0.1, 0.15) is 18.6 Å². The molecule has 45 heavy (non-hydrogen) atoms. The lowest BCUT2D eigenvalue weighted by atomic mass is 9.73. The number of rotatable bonds is 5. The maximum atomic E-state index is 13.7. The van der Waals surface area contributed by atoms with Crippen LogP contribution in [0.3, 0.4) is 0 Å². The van der Waals surface area contributed by atoms with Crippen LogP contribution in [-0.2, 0) is 17.6 Å². The van der Waals surface area contributed by atoms with Gasteiger partial charge in [-0.1, -0.05) is 44.2 Å². The minimum Gasteiger partial charge on any atom is -0.370 e. The van der Waals surface area contributed by atoms with Crippen molar-refractivity contribution < 1.29 is 29.6 Å². The maximum absolute atomic E-state index is 13.7. The second kappa shape index (κ2) is 9.91. The van der Waals surface area contributed by atoms with Crippen LogP contribution in [0, 0.1) is 5.41 Å². The molecule has 0 radical (unpaired) electrons. The number of aliphatic imine (C=N–C) groups is 1. The summed E-state index contributed by atoms with van der Waals surface area (Å²) in [6, 6.07) is 10.9. The molecular formula is C31H38N9O5+. The van der Waals surface area contributed by atoms with Crippen LogP contribution < -0.4 is 32.0 Å². The largest absolute Gasteiger partial charge is 0.370 e. The molecule has 4 aliphatic heterocycles. The predicted octanol–water partition coefficient (Wildman–Crippen LogP) is -2.47. The number of urea groups is 1. The number of nitrogens with one attached hydrogen (secondary N) is 3. The number of aliphatic hydroxyl groups is 2. The van der Waals surface area contributed by atoms with Crippen molar-refractivity contribution in [3.63, 3.8) is 0 Å². The molecule has 4 heterocycles. The van der Waals surface area contributed by atoms with Gasteiger partial charge < -0.3 is 21.3 Å². The summed E-state index contributed by atoms with van der Waals surface area (Å²) in [6.07, 6.45) is 2.52. The Hall–Kier alpha value is -4.69. The van der Waals surface area contributed by atoms with Crippen LogP contribution in [0.4, 0.5) is 10.5 Å². The van der Waals surface area contributed by atoms with E-state index in [0.717, 1.165) is 35.3 Å². The van der Waals surface area contributed by atoms with Gasteiger partial charge in [-0.2, -0.15) is 0 Å². The van der Waals surface area contributed by atoms with Crippen molar-refractivity contribution in [1.82, 2.24) is 20.4 Å². The van der Waals surface area contributed by atoms with Crippen molar-refractivity contribution in [3.8, 4) is 0 Å². The summed E-state index contributed by atoms with van der Waals surface area (Å²) < 4.78 is 0. The number of carbonyl (C=O) groups excluding carboxylic acids is 3. The van der Waals surface area contributed by atoms with Gasteiger partial charge >= 0.3 is 12.0 Å². The topological polar surface area (TPSA) is 204 Å². The van der Waals surface area contributed by atoms with Crippen LogP contribution in [0.2, 0.25) is 0 Å². The zero-order chi connectivity index (χ0) is 31.9. The van der Waals surface area contributed by atoms with E-state index in [4.69, 9.17) is 11.5 Å². The molecule has 14 heteroatoms. The van der Waals surface area contributed by atoms with E-state index >= 15 is 0 Å². The molecule has 4 amide bonds. The summed E-state index contributed by atoms with van der Waals surface area (Å²) in [5, 5.41) is 29.6. The van der Waals surface area contributed by atoms with Crippen molar-refractivity contribution in [2.24, 2.45) is 21.9 Å². The highest BCUT2D eigenvalue weighted by atomic mass is 16.5. The van der Waals surface area contributed by atoms with Crippen LogP contribution in [0.15, 0.2) is 53.5 Å². The molecule has 0 aromatic heterocycles. The highest BCUT2D eigenvalue weighted by Crippen LogP contribution is 2.42. The highest BCUT2D eigenvalue weighted by Gasteiger charge is 2.76. The SMILES string of the molecule is CC1(C)CCc2c(cccc2C(=O)NC2CN3C(N)=N[C@@H](CN4C(=O)CN(c5ccccc5)C4=O)[C@@H]4[NH+]=C(N)N[C@@]43C2(O)O)C1. The molecule has 2 saturated heterocycles. The highest BCUT2D eigenvalue weighted by molar-refractivity contribution is 6.12. The first-order valence-corrected chi connectivity index (χ1v) is 15.1. The van der Waals surface area contributed by atoms with E-state index in [2.05, 4.69) is 34.5 Å². The molecule has 2 aromatic carbocycles. The van der Waals surface area contributed by atoms with Gasteiger partial charge in [-0.05, 0) is 54.0 Å². The Kier molecular flexibility index (Phi) is 6.39. The van der Waals surface area contributed by atoms with Gasteiger partial charge in [0.15, 0.2) is 12.0 Å². The van der Waals surface area contributed by atoms with E-state index in [9.17, 15) is 24.6 Å². The van der Waals surface area contributed by atoms with E-state index in [1.165, 1.54) is 9.80 Å². The van der Waals surface area contributed by atoms with E-state index in [0.29, 0.717) is 11.3 Å². The summed E-state index contributed by atoms with van der Waals surface area (Å²) in [5.74, 6) is -3.50. The van der Waals surface area contributed by atoms with Crippen LogP contribution in [-0.4, -0.2) is 99.0 Å². The third-order valence-corrected chi connectivity index (χ3v) is 9.92. The Morgan fingerprint density at radius 1 is 1.13 bits per heavy atom. The van der Waals surface area contributed by atoms with E-state index < -0.39 is 47.4 Å². The lowest BCUT2D eigenvalue weighted by Gasteiger charge is -2.46. The number of benzene rings is 2. The number of hydrogen-bond acceptors (Lipinski definition) is 10. The first kappa shape index (κ1) is 29.0. The van der Waals surface area contributed by atoms with Crippen molar-refractivity contribution in [2.45, 2.75) is 62.7 Å². The van der Waals surface area contributed by atoms with Crippen molar-refractivity contribution in [1.29, 1.82) is 0 Å². The zero-order valence-corrected chi connectivity index (χ0v) is 25.2. The summed E-state index contributed by atoms with van der Waals surface area (Å²) in [4.78, 5) is 51.6. The number of fused-ring (bicyclic) bond motifs is 1. The first-order valence-electron chi connectivity index (χ1n) is 15.1. The number of imide groups is 1. The Bertz CT molecular complexity index is 1660. The van der Waals surface area contributed by atoms with E-state index in [1.54, 1.807) is 30.3 Å². The fraction of sp³-hybridized carbons (Fsp3) is 0.452. The standard InChI is InChI=1S/C31H37N9O5/c1-29(2)12-11-19-17(13-29)7-6-10-20(19)25(42)35-22-15-40-27(33)34-21(24-30(40,31(22,44)45)37-26(32)36-24)14-39-23(41)16-38(28(39)43)18-8-4-3-5-9-18/h3-10,21-22,24,44-45H,11-16H2,1-2H3,(H2,33,34)(H,35,42)(H3,32,36,37)/p+1/t21-,22?,24-,30-/m0/s1. The van der Waals surface area contributed by atoms with Gasteiger partial charge in [0, 0.05) is 11.3 Å². The molecule has 7 rings (SSSR count). The molecular weight excluding hydrogens is 578 g/mol. The van der Waals surface area contributed by atoms with Crippen molar-refractivity contribution >= 4 is 35.5 Å². The lowest BCUT2D eigenvalue weighted by molar-refractivity contribution is -0.521. The number of amides is 4. The van der Waals surface area contributed by atoms with Crippen LogP contribution in [0.1, 0.15) is 41.8 Å². The third kappa shape index (κ3) is 4.34. The Balaban J connectivity index is 1.16. The molecule has 236 valence electrons. The lowest BCUT2D eigenvalue weighted by Crippen LogP contribution is -2.90. The number of nitrogens with two attached hydrogens (primary N) is 2. The smallest absolute Gasteiger partial charge is 0.343 e. The Morgan fingerprint density at radius 3 is 2.64 bits per heavy atom. The molecule has 0 saturated carbocycles. The predicted molar refractivity (Wildman–Crippen MR) is 163 cm³/mol. The third-order valence-electron chi connectivity index (χ3n) is 9.92. The average Bonchev–Trinajstić information content (AvgIpc) is 3.57. The fourth-order valence-electron chi connectivity index (χ4n) is 7.65.